The van der Waals surface area contributed by atoms with Crippen LogP contribution >= 0.6 is 0 Å². The maximum Gasteiger partial charge on any atom is 0.269 e. The smallest absolute Gasteiger partial charge is 0.269 e. The molecule has 0 radical (unpaired) electrons. The Labute approximate surface area is 187 Å². The Morgan fingerprint density at radius 1 is 1.16 bits per heavy atom. The number of fused-ring (bicyclic) bond motifs is 1. The number of aromatic nitrogens is 3. The summed E-state index contributed by atoms with van der Waals surface area (Å²) in [4.78, 5) is 40.6. The molecular formula is C24H30N6O2. The number of piperazine rings is 1. The lowest BCUT2D eigenvalue weighted by Gasteiger charge is -2.48. The summed E-state index contributed by atoms with van der Waals surface area (Å²) < 4.78 is 0. The van der Waals surface area contributed by atoms with Crippen molar-refractivity contribution in [3.63, 3.8) is 0 Å². The summed E-state index contributed by atoms with van der Waals surface area (Å²) in [5.41, 5.74) is 5.66. The Balaban J connectivity index is 1.50. The molecule has 4 heterocycles. The molecule has 8 nitrogen and oxygen atoms in total. The van der Waals surface area contributed by atoms with E-state index in [-0.39, 0.29) is 17.0 Å². The quantitative estimate of drug-likeness (QED) is 0.655. The molecule has 0 aromatic carbocycles. The summed E-state index contributed by atoms with van der Waals surface area (Å²) >= 11 is 0. The van der Waals surface area contributed by atoms with Crippen LogP contribution in [0, 0.1) is 13.8 Å². The van der Waals surface area contributed by atoms with Crippen LogP contribution in [0.4, 0.5) is 5.69 Å². The molecule has 1 saturated heterocycles. The van der Waals surface area contributed by atoms with Crippen LogP contribution < -0.4 is 15.8 Å². The third kappa shape index (κ3) is 4.10. The minimum Gasteiger partial charge on any atom is -0.367 e. The van der Waals surface area contributed by atoms with Crippen molar-refractivity contribution in [2.75, 3.05) is 31.6 Å². The van der Waals surface area contributed by atoms with Crippen molar-refractivity contribution in [2.45, 2.75) is 39.8 Å². The number of nitrogens with one attached hydrogen (secondary N) is 2. The molecule has 32 heavy (non-hydrogen) atoms. The van der Waals surface area contributed by atoms with Crippen LogP contribution in [0.25, 0.3) is 11.0 Å². The molecule has 0 atom stereocenters. The number of hydrogen-bond acceptors (Lipinski definition) is 6. The SMILES string of the molecule is CNC(=O)c1ccc(N2CCN(Cc3cnc4c(C)c(C)c(=O)[nH]c4c3)C(C)(C)C2)cn1. The second-order valence-corrected chi connectivity index (χ2v) is 9.08. The average Bonchev–Trinajstić information content (AvgIpc) is 2.78. The molecular weight excluding hydrogens is 404 g/mol. The highest BCUT2D eigenvalue weighted by Gasteiger charge is 2.34. The lowest BCUT2D eigenvalue weighted by molar-refractivity contribution is 0.0953. The second kappa shape index (κ2) is 8.35. The van der Waals surface area contributed by atoms with Crippen LogP contribution in [-0.4, -0.2) is 58.0 Å². The Morgan fingerprint density at radius 3 is 2.59 bits per heavy atom. The second-order valence-electron chi connectivity index (χ2n) is 9.08. The topological polar surface area (TPSA) is 94.2 Å². The maximum absolute atomic E-state index is 12.2. The Kier molecular flexibility index (Phi) is 5.73. The number of H-pyrrole nitrogens is 1. The standard InChI is InChI=1S/C24H30N6O2/c1-15-16(2)22(31)28-20-10-17(11-27-21(15)20)13-30-9-8-29(14-24(30,3)4)18-6-7-19(26-12-18)23(32)25-5/h6-7,10-12H,8-9,13-14H2,1-5H3,(H,25,32)(H,28,31). The molecule has 0 unspecified atom stereocenters. The van der Waals surface area contributed by atoms with Gasteiger partial charge in [0.2, 0.25) is 0 Å². The molecule has 1 aliphatic rings. The van der Waals surface area contributed by atoms with Crippen molar-refractivity contribution >= 4 is 22.6 Å². The molecule has 3 aromatic heterocycles. The first-order chi connectivity index (χ1) is 15.2. The highest BCUT2D eigenvalue weighted by atomic mass is 16.1. The molecule has 0 saturated carbocycles. The summed E-state index contributed by atoms with van der Waals surface area (Å²) in [6.07, 6.45) is 3.68. The van der Waals surface area contributed by atoms with Crippen molar-refractivity contribution in [3.05, 3.63) is 63.3 Å². The van der Waals surface area contributed by atoms with Gasteiger partial charge in [0.25, 0.3) is 11.5 Å². The van der Waals surface area contributed by atoms with Gasteiger partial charge >= 0.3 is 0 Å². The summed E-state index contributed by atoms with van der Waals surface area (Å²) in [7, 11) is 1.60. The summed E-state index contributed by atoms with van der Waals surface area (Å²) in [6.45, 7) is 11.6. The van der Waals surface area contributed by atoms with E-state index in [2.05, 4.69) is 43.9 Å². The fourth-order valence-electron chi connectivity index (χ4n) is 4.31. The lowest BCUT2D eigenvalue weighted by Crippen LogP contribution is -2.59. The van der Waals surface area contributed by atoms with Gasteiger partial charge in [-0.15, -0.1) is 0 Å². The molecule has 1 aliphatic heterocycles. The Morgan fingerprint density at radius 2 is 1.94 bits per heavy atom. The van der Waals surface area contributed by atoms with Crippen LogP contribution in [0.3, 0.4) is 0 Å². The molecule has 8 heteroatoms. The van der Waals surface area contributed by atoms with Crippen molar-refractivity contribution in [3.8, 4) is 0 Å². The summed E-state index contributed by atoms with van der Waals surface area (Å²) in [5.74, 6) is -0.183. The van der Waals surface area contributed by atoms with E-state index >= 15 is 0 Å². The van der Waals surface area contributed by atoms with Crippen LogP contribution in [-0.2, 0) is 6.54 Å². The largest absolute Gasteiger partial charge is 0.367 e. The van der Waals surface area contributed by atoms with E-state index in [0.29, 0.717) is 11.3 Å². The normalized spacial score (nSPS) is 16.3. The number of pyridine rings is 3. The van der Waals surface area contributed by atoms with Gasteiger partial charge in [0.1, 0.15) is 5.69 Å². The minimum absolute atomic E-state index is 0.0565. The molecule has 0 spiro atoms. The summed E-state index contributed by atoms with van der Waals surface area (Å²) in [5, 5.41) is 2.60. The van der Waals surface area contributed by atoms with Gasteiger partial charge in [0.05, 0.1) is 22.9 Å². The molecule has 3 aromatic rings. The van der Waals surface area contributed by atoms with Crippen molar-refractivity contribution in [1.82, 2.24) is 25.2 Å². The van der Waals surface area contributed by atoms with E-state index in [1.54, 1.807) is 19.3 Å². The number of rotatable bonds is 4. The number of carbonyl (C=O) groups is 1. The third-order valence-corrected chi connectivity index (χ3v) is 6.47. The van der Waals surface area contributed by atoms with Gasteiger partial charge in [-0.3, -0.25) is 19.5 Å². The predicted molar refractivity (Wildman–Crippen MR) is 126 cm³/mol. The zero-order valence-corrected chi connectivity index (χ0v) is 19.3. The third-order valence-electron chi connectivity index (χ3n) is 6.47. The fourth-order valence-corrected chi connectivity index (χ4v) is 4.31. The number of anilines is 1. The highest BCUT2D eigenvalue weighted by molar-refractivity contribution is 5.92. The van der Waals surface area contributed by atoms with Crippen LogP contribution in [0.15, 0.2) is 35.4 Å². The van der Waals surface area contributed by atoms with Gasteiger partial charge < -0.3 is 15.2 Å². The van der Waals surface area contributed by atoms with Gasteiger partial charge in [0.15, 0.2) is 0 Å². The fraction of sp³-hybridized carbons (Fsp3) is 0.417. The zero-order valence-electron chi connectivity index (χ0n) is 19.3. The van der Waals surface area contributed by atoms with Gasteiger partial charge in [-0.1, -0.05) is 0 Å². The monoisotopic (exact) mass is 434 g/mol. The predicted octanol–water partition coefficient (Wildman–Crippen LogP) is 2.40. The average molecular weight is 435 g/mol. The zero-order chi connectivity index (χ0) is 23.0. The van der Waals surface area contributed by atoms with E-state index in [4.69, 9.17) is 0 Å². The van der Waals surface area contributed by atoms with Crippen LogP contribution in [0.2, 0.25) is 0 Å². The van der Waals surface area contributed by atoms with E-state index < -0.39 is 0 Å². The first-order valence-corrected chi connectivity index (χ1v) is 10.9. The van der Waals surface area contributed by atoms with Gasteiger partial charge in [0, 0.05) is 50.5 Å². The van der Waals surface area contributed by atoms with Gasteiger partial charge in [-0.25, -0.2) is 4.98 Å². The van der Waals surface area contributed by atoms with E-state index in [1.165, 1.54) is 0 Å². The minimum atomic E-state index is -0.183. The summed E-state index contributed by atoms with van der Waals surface area (Å²) in [6, 6.07) is 5.76. The number of aromatic amines is 1. The molecule has 168 valence electrons. The maximum atomic E-state index is 12.2. The Bertz CT molecular complexity index is 1220. The molecule has 0 bridgehead atoms. The molecule has 2 N–H and O–H groups in total. The van der Waals surface area contributed by atoms with Gasteiger partial charge in [-0.2, -0.15) is 0 Å². The first-order valence-electron chi connectivity index (χ1n) is 10.9. The van der Waals surface area contributed by atoms with Gasteiger partial charge in [-0.05, 0) is 57.0 Å². The van der Waals surface area contributed by atoms with Crippen LogP contribution in [0.1, 0.15) is 41.0 Å². The molecule has 0 aliphatic carbocycles. The lowest BCUT2D eigenvalue weighted by atomic mass is 9.97. The van der Waals surface area contributed by atoms with Crippen LogP contribution in [0.5, 0.6) is 0 Å². The van der Waals surface area contributed by atoms with E-state index in [1.807, 2.05) is 32.2 Å². The van der Waals surface area contributed by atoms with Crippen molar-refractivity contribution < 1.29 is 4.79 Å². The van der Waals surface area contributed by atoms with E-state index in [9.17, 15) is 9.59 Å². The number of amides is 1. The Hall–Kier alpha value is -3.26. The first kappa shape index (κ1) is 22.0. The van der Waals surface area contributed by atoms with Crippen molar-refractivity contribution in [2.24, 2.45) is 0 Å². The molecule has 4 rings (SSSR count). The number of aryl methyl sites for hydroxylation is 1. The molecule has 1 amide bonds. The number of hydrogen-bond donors (Lipinski definition) is 2. The highest BCUT2D eigenvalue weighted by Crippen LogP contribution is 2.27. The number of carbonyl (C=O) groups excluding carboxylic acids is 1. The van der Waals surface area contributed by atoms with Crippen molar-refractivity contribution in [1.29, 1.82) is 0 Å². The number of nitrogens with zero attached hydrogens (tertiary/aromatic N) is 4. The van der Waals surface area contributed by atoms with E-state index in [0.717, 1.165) is 54.0 Å². The molecule has 1 fully saturated rings.